The van der Waals surface area contributed by atoms with Crippen molar-refractivity contribution in [3.63, 3.8) is 0 Å². The Balaban J connectivity index is 2.19. The molecule has 196 valence electrons. The first kappa shape index (κ1) is 28.2. The topological polar surface area (TPSA) is 138 Å². The molecular weight excluding hydrogens is 557 g/mol. The number of hydrogen-bond donors (Lipinski definition) is 1. The molecule has 0 fully saturated rings. The van der Waals surface area contributed by atoms with Crippen molar-refractivity contribution in [2.75, 3.05) is 18.5 Å². The Bertz CT molecular complexity index is 1490. The third-order valence-corrected chi connectivity index (χ3v) is 6.40. The molecule has 0 saturated carbocycles. The molecule has 3 aromatic rings. The molecule has 0 aliphatic heterocycles. The van der Waals surface area contributed by atoms with Crippen LogP contribution in [-0.4, -0.2) is 48.7 Å². The summed E-state index contributed by atoms with van der Waals surface area (Å²) in [6.45, 7) is 0. The Kier molecular flexibility index (Phi) is 8.66. The van der Waals surface area contributed by atoms with Gasteiger partial charge in [-0.1, -0.05) is 29.8 Å². The number of nitrogens with two attached hydrogens (primary N) is 1. The van der Waals surface area contributed by atoms with E-state index in [1.807, 2.05) is 0 Å². The molecule has 1 heterocycles. The number of nitrogens with zero attached hydrogens (tertiary/aromatic N) is 3. The second-order valence-electron chi connectivity index (χ2n) is 7.25. The molecule has 15 heteroatoms. The summed E-state index contributed by atoms with van der Waals surface area (Å²) < 4.78 is 75.0. The molecule has 37 heavy (non-hydrogen) atoms. The fourth-order valence-electron chi connectivity index (χ4n) is 2.82. The van der Waals surface area contributed by atoms with Gasteiger partial charge in [0.1, 0.15) is 22.4 Å². The van der Waals surface area contributed by atoms with E-state index < -0.39 is 55.6 Å². The molecule has 0 saturated heterocycles. The fourth-order valence-corrected chi connectivity index (χ4v) is 3.92. The normalized spacial score (nSPS) is 13.3. The molecule has 3 rings (SSSR count). The largest absolute Gasteiger partial charge is 0.450 e. The third kappa shape index (κ3) is 6.90. The smallest absolute Gasteiger partial charge is 0.418 e. The van der Waals surface area contributed by atoms with E-state index in [4.69, 9.17) is 26.5 Å². The number of hydrogen-bond acceptors (Lipinski definition) is 10. The van der Waals surface area contributed by atoms with Gasteiger partial charge in [-0.25, -0.2) is 18.2 Å². The Labute approximate surface area is 218 Å². The number of rotatable bonds is 8. The van der Waals surface area contributed by atoms with Gasteiger partial charge in [-0.2, -0.15) is 13.2 Å². The SMILES string of the molecule is CSCOC(=O)/C(N)=C(\Cl)C(=Nc1ccccc1C(F)(F)F)c1nnc(-c2cccc(S(C)(=O)=O)c2)o1. The minimum atomic E-state index is -4.77. The number of ether oxygens (including phenoxy) is 1. The molecule has 0 aliphatic carbocycles. The van der Waals surface area contributed by atoms with E-state index in [9.17, 15) is 26.4 Å². The molecule has 0 atom stereocenters. The van der Waals surface area contributed by atoms with Crippen molar-refractivity contribution in [2.45, 2.75) is 11.1 Å². The number of halogens is 4. The second-order valence-corrected chi connectivity index (χ2v) is 10.5. The first-order valence-corrected chi connectivity index (χ1v) is 13.7. The number of benzene rings is 2. The summed E-state index contributed by atoms with van der Waals surface area (Å²) in [5.41, 5.74) is 3.16. The highest BCUT2D eigenvalue weighted by molar-refractivity contribution is 7.98. The van der Waals surface area contributed by atoms with Crippen LogP contribution in [0.2, 0.25) is 0 Å². The summed E-state index contributed by atoms with van der Waals surface area (Å²) in [6.07, 6.45) is -2.09. The van der Waals surface area contributed by atoms with Crippen molar-refractivity contribution < 1.29 is 35.5 Å². The van der Waals surface area contributed by atoms with E-state index in [1.165, 1.54) is 48.2 Å². The van der Waals surface area contributed by atoms with Gasteiger partial charge in [-0.3, -0.25) is 0 Å². The second kappa shape index (κ2) is 11.4. The van der Waals surface area contributed by atoms with Crippen molar-refractivity contribution in [2.24, 2.45) is 10.7 Å². The zero-order valence-corrected chi connectivity index (χ0v) is 21.5. The molecule has 0 aliphatic rings. The van der Waals surface area contributed by atoms with Crippen LogP contribution in [0.4, 0.5) is 18.9 Å². The zero-order chi connectivity index (χ0) is 27.4. The molecule has 2 N–H and O–H groups in total. The lowest BCUT2D eigenvalue weighted by atomic mass is 10.1. The van der Waals surface area contributed by atoms with Crippen LogP contribution in [0.25, 0.3) is 11.5 Å². The van der Waals surface area contributed by atoms with Crippen LogP contribution in [0.15, 0.2) is 73.6 Å². The van der Waals surface area contributed by atoms with Crippen LogP contribution in [0.5, 0.6) is 0 Å². The van der Waals surface area contributed by atoms with Crippen LogP contribution in [-0.2, 0) is 25.5 Å². The number of aromatic nitrogens is 2. The molecule has 2 aromatic carbocycles. The predicted molar refractivity (Wildman–Crippen MR) is 132 cm³/mol. The van der Waals surface area contributed by atoms with Gasteiger partial charge in [0.15, 0.2) is 9.84 Å². The lowest BCUT2D eigenvalue weighted by Crippen LogP contribution is -2.19. The van der Waals surface area contributed by atoms with Crippen LogP contribution in [0.3, 0.4) is 0 Å². The van der Waals surface area contributed by atoms with E-state index in [-0.39, 0.29) is 22.3 Å². The minimum Gasteiger partial charge on any atom is -0.450 e. The van der Waals surface area contributed by atoms with Gasteiger partial charge in [-0.15, -0.1) is 22.0 Å². The van der Waals surface area contributed by atoms with Gasteiger partial charge in [0.05, 0.1) is 16.1 Å². The predicted octanol–water partition coefficient (Wildman–Crippen LogP) is 4.55. The average molecular weight is 575 g/mol. The number of thioether (sulfide) groups is 1. The maximum atomic E-state index is 13.6. The maximum absolute atomic E-state index is 13.6. The molecule has 0 unspecified atom stereocenters. The van der Waals surface area contributed by atoms with Crippen LogP contribution >= 0.6 is 23.4 Å². The average Bonchev–Trinajstić information content (AvgIpc) is 3.34. The summed E-state index contributed by atoms with van der Waals surface area (Å²) in [4.78, 5) is 16.2. The molecule has 0 bridgehead atoms. The number of alkyl halides is 3. The van der Waals surface area contributed by atoms with Crippen LogP contribution in [0.1, 0.15) is 11.5 Å². The Morgan fingerprint density at radius 3 is 2.54 bits per heavy atom. The minimum absolute atomic E-state index is 0.0311. The summed E-state index contributed by atoms with van der Waals surface area (Å²) >= 11 is 7.46. The monoisotopic (exact) mass is 574 g/mol. The number of carbonyl (C=O) groups excluding carboxylic acids is 1. The molecule has 0 radical (unpaired) electrons. The summed E-state index contributed by atoms with van der Waals surface area (Å²) in [5, 5.41) is 7.02. The van der Waals surface area contributed by atoms with Gasteiger partial charge in [-0.05, 0) is 36.6 Å². The first-order valence-electron chi connectivity index (χ1n) is 10.0. The van der Waals surface area contributed by atoms with Crippen molar-refractivity contribution >= 4 is 50.6 Å². The van der Waals surface area contributed by atoms with Crippen molar-refractivity contribution in [3.05, 3.63) is 70.7 Å². The molecule has 1 aromatic heterocycles. The van der Waals surface area contributed by atoms with E-state index in [0.717, 1.165) is 18.4 Å². The van der Waals surface area contributed by atoms with Gasteiger partial charge < -0.3 is 14.9 Å². The van der Waals surface area contributed by atoms with E-state index in [0.29, 0.717) is 0 Å². The maximum Gasteiger partial charge on any atom is 0.418 e. The molecular formula is C22H18ClF3N4O5S2. The standard InChI is InChI=1S/C22H18ClF3N4O5S2/c1-36-11-34-21(31)17(27)16(23)18(28-15-9-4-3-8-14(15)22(24,25)26)20-30-29-19(35-20)12-6-5-7-13(10-12)37(2,32)33/h3-10H,11,27H2,1-2H3/b17-16+,28-18?. The Hall–Kier alpha value is -3.36. The van der Waals surface area contributed by atoms with Crippen molar-refractivity contribution in [1.29, 1.82) is 0 Å². The lowest BCUT2D eigenvalue weighted by Gasteiger charge is -2.11. The summed E-state index contributed by atoms with van der Waals surface area (Å²) in [6, 6.07) is 9.92. The van der Waals surface area contributed by atoms with E-state index in [1.54, 1.807) is 6.26 Å². The Morgan fingerprint density at radius 1 is 1.19 bits per heavy atom. The van der Waals surface area contributed by atoms with Crippen molar-refractivity contribution in [1.82, 2.24) is 10.2 Å². The number of para-hydroxylation sites is 1. The number of esters is 1. The summed E-state index contributed by atoms with van der Waals surface area (Å²) in [7, 11) is -3.56. The number of carbonyl (C=O) groups is 1. The number of sulfone groups is 1. The first-order chi connectivity index (χ1) is 17.3. The lowest BCUT2D eigenvalue weighted by molar-refractivity contribution is -0.137. The van der Waals surface area contributed by atoms with Gasteiger partial charge in [0, 0.05) is 11.8 Å². The number of allylic oxidation sites excluding steroid dienone is 1. The quantitative estimate of drug-likeness (QED) is 0.178. The van der Waals surface area contributed by atoms with Gasteiger partial charge >= 0.3 is 12.1 Å². The Morgan fingerprint density at radius 2 is 1.89 bits per heavy atom. The highest BCUT2D eigenvalue weighted by Crippen LogP contribution is 2.37. The highest BCUT2D eigenvalue weighted by Gasteiger charge is 2.34. The highest BCUT2D eigenvalue weighted by atomic mass is 35.5. The third-order valence-electron chi connectivity index (χ3n) is 4.55. The van der Waals surface area contributed by atoms with Crippen molar-refractivity contribution in [3.8, 4) is 11.5 Å². The van der Waals surface area contributed by atoms with E-state index in [2.05, 4.69) is 15.2 Å². The fraction of sp³-hybridized carbons (Fsp3) is 0.182. The molecule has 9 nitrogen and oxygen atoms in total. The number of aliphatic imine (C=N–C) groups is 1. The van der Waals surface area contributed by atoms with E-state index >= 15 is 0 Å². The van der Waals surface area contributed by atoms with Crippen LogP contribution < -0.4 is 5.73 Å². The van der Waals surface area contributed by atoms with Crippen LogP contribution in [0, 0.1) is 0 Å². The summed E-state index contributed by atoms with van der Waals surface area (Å²) in [5.74, 6) is -1.78. The zero-order valence-electron chi connectivity index (χ0n) is 19.1. The van der Waals surface area contributed by atoms with Gasteiger partial charge in [0.2, 0.25) is 5.89 Å². The molecule has 0 spiro atoms. The molecule has 0 amide bonds. The van der Waals surface area contributed by atoms with Gasteiger partial charge in [0.25, 0.3) is 5.89 Å².